The van der Waals surface area contributed by atoms with E-state index in [0.29, 0.717) is 12.0 Å². The minimum Gasteiger partial charge on any atom is -0.396 e. The van der Waals surface area contributed by atoms with Crippen LogP contribution in [0.2, 0.25) is 0 Å². The Labute approximate surface area is 86.8 Å². The van der Waals surface area contributed by atoms with Gasteiger partial charge in [-0.25, -0.2) is 15.0 Å². The van der Waals surface area contributed by atoms with Gasteiger partial charge in [0.05, 0.1) is 12.5 Å². The lowest BCUT2D eigenvalue weighted by Crippen LogP contribution is -2.28. The second-order valence-corrected chi connectivity index (χ2v) is 4.06. The van der Waals surface area contributed by atoms with E-state index in [0.717, 1.165) is 24.0 Å². The number of hydrogen-bond acceptors (Lipinski definition) is 4. The zero-order chi connectivity index (χ0) is 10.3. The molecule has 2 aromatic rings. The lowest BCUT2D eigenvalue weighted by Gasteiger charge is -2.34. The maximum Gasteiger partial charge on any atom is 0.163 e. The van der Waals surface area contributed by atoms with E-state index in [4.69, 9.17) is 5.11 Å². The average Bonchev–Trinajstić information content (AvgIpc) is 2.61. The molecule has 1 N–H and O–H groups in total. The fourth-order valence-electron chi connectivity index (χ4n) is 2.13. The minimum absolute atomic E-state index is 0.290. The molecule has 15 heavy (non-hydrogen) atoms. The summed E-state index contributed by atoms with van der Waals surface area (Å²) < 4.78 is 2.09. The highest BCUT2D eigenvalue weighted by Crippen LogP contribution is 2.38. The van der Waals surface area contributed by atoms with Gasteiger partial charge >= 0.3 is 0 Å². The summed E-state index contributed by atoms with van der Waals surface area (Å²) in [5.41, 5.74) is 1.73. The summed E-state index contributed by atoms with van der Waals surface area (Å²) in [6.07, 6.45) is 7.12. The molecule has 1 fully saturated rings. The molecular weight excluding hydrogens is 192 g/mol. The number of hydrogen-bond donors (Lipinski definition) is 1. The molecule has 0 radical (unpaired) electrons. The van der Waals surface area contributed by atoms with Crippen LogP contribution in [-0.2, 0) is 0 Å². The third-order valence-corrected chi connectivity index (χ3v) is 3.10. The molecular formula is C10H12N4O. The number of nitrogens with zero attached hydrogens (tertiary/aromatic N) is 4. The number of rotatable bonds is 2. The molecule has 0 amide bonds. The van der Waals surface area contributed by atoms with Gasteiger partial charge in [-0.05, 0) is 18.8 Å². The van der Waals surface area contributed by atoms with E-state index in [9.17, 15) is 0 Å². The van der Waals surface area contributed by atoms with Crippen molar-refractivity contribution in [2.45, 2.75) is 18.9 Å². The van der Waals surface area contributed by atoms with Crippen LogP contribution in [-0.4, -0.2) is 31.2 Å². The van der Waals surface area contributed by atoms with Crippen LogP contribution in [0.3, 0.4) is 0 Å². The number of aromatic nitrogens is 4. The molecule has 0 saturated heterocycles. The Morgan fingerprint density at radius 3 is 3.07 bits per heavy atom. The summed E-state index contributed by atoms with van der Waals surface area (Å²) in [6, 6.07) is 0.446. The molecule has 2 aromatic heterocycles. The molecule has 1 aliphatic carbocycles. The van der Waals surface area contributed by atoms with E-state index in [1.807, 2.05) is 6.33 Å². The van der Waals surface area contributed by atoms with Gasteiger partial charge in [-0.2, -0.15) is 0 Å². The van der Waals surface area contributed by atoms with Crippen LogP contribution in [0.4, 0.5) is 0 Å². The van der Waals surface area contributed by atoms with Gasteiger partial charge in [0.1, 0.15) is 11.8 Å². The van der Waals surface area contributed by atoms with E-state index in [1.54, 1.807) is 12.5 Å². The molecule has 0 aromatic carbocycles. The summed E-state index contributed by atoms with van der Waals surface area (Å²) >= 11 is 0. The minimum atomic E-state index is 0.290. The van der Waals surface area contributed by atoms with E-state index in [2.05, 4.69) is 19.5 Å². The van der Waals surface area contributed by atoms with Crippen molar-refractivity contribution in [3.05, 3.63) is 18.9 Å². The van der Waals surface area contributed by atoms with E-state index in [-0.39, 0.29) is 6.61 Å². The molecule has 0 bridgehead atoms. The Bertz CT molecular complexity index is 475. The smallest absolute Gasteiger partial charge is 0.163 e. The van der Waals surface area contributed by atoms with Crippen LogP contribution < -0.4 is 0 Å². The summed E-state index contributed by atoms with van der Waals surface area (Å²) in [6.45, 7) is 0.290. The second kappa shape index (κ2) is 3.27. The first-order valence-corrected chi connectivity index (χ1v) is 5.12. The first-order chi connectivity index (χ1) is 7.38. The van der Waals surface area contributed by atoms with Crippen molar-refractivity contribution in [1.82, 2.24) is 19.5 Å². The van der Waals surface area contributed by atoms with Crippen LogP contribution in [0.5, 0.6) is 0 Å². The maximum absolute atomic E-state index is 8.96. The van der Waals surface area contributed by atoms with Crippen molar-refractivity contribution >= 4 is 11.2 Å². The standard InChI is InChI=1S/C10H12N4O/c15-4-7-1-8(2-7)14-6-13-9-3-11-5-12-10(9)14/h3,5-8,15H,1-2,4H2. The van der Waals surface area contributed by atoms with E-state index < -0.39 is 0 Å². The Kier molecular flexibility index (Phi) is 1.92. The van der Waals surface area contributed by atoms with Gasteiger partial charge in [0.25, 0.3) is 0 Å². The highest BCUT2D eigenvalue weighted by Gasteiger charge is 2.30. The SMILES string of the molecule is OCC1CC(n2cnc3cncnc32)C1. The fraction of sp³-hybridized carbons (Fsp3) is 0.500. The summed E-state index contributed by atoms with van der Waals surface area (Å²) in [5, 5.41) is 8.96. The molecule has 78 valence electrons. The van der Waals surface area contributed by atoms with Crippen molar-refractivity contribution in [3.63, 3.8) is 0 Å². The normalized spacial score (nSPS) is 25.4. The lowest BCUT2D eigenvalue weighted by molar-refractivity contribution is 0.114. The van der Waals surface area contributed by atoms with Crippen LogP contribution in [0, 0.1) is 5.92 Å². The van der Waals surface area contributed by atoms with E-state index in [1.165, 1.54) is 0 Å². The first kappa shape index (κ1) is 8.79. The van der Waals surface area contributed by atoms with Gasteiger partial charge < -0.3 is 9.67 Å². The Morgan fingerprint density at radius 1 is 1.40 bits per heavy atom. The summed E-state index contributed by atoms with van der Waals surface area (Å²) in [7, 11) is 0. The molecule has 0 aliphatic heterocycles. The Balaban J connectivity index is 1.92. The van der Waals surface area contributed by atoms with Crippen LogP contribution >= 0.6 is 0 Å². The second-order valence-electron chi connectivity index (χ2n) is 4.06. The number of aliphatic hydroxyl groups is 1. The third-order valence-electron chi connectivity index (χ3n) is 3.10. The van der Waals surface area contributed by atoms with Crippen molar-refractivity contribution in [1.29, 1.82) is 0 Å². The average molecular weight is 204 g/mol. The maximum atomic E-state index is 8.96. The van der Waals surface area contributed by atoms with Crippen molar-refractivity contribution in [2.75, 3.05) is 6.61 Å². The zero-order valence-corrected chi connectivity index (χ0v) is 8.24. The molecule has 0 atom stereocenters. The van der Waals surface area contributed by atoms with Crippen LogP contribution in [0.15, 0.2) is 18.9 Å². The first-order valence-electron chi connectivity index (χ1n) is 5.12. The summed E-state index contributed by atoms with van der Waals surface area (Å²) in [4.78, 5) is 12.4. The molecule has 1 saturated carbocycles. The number of fused-ring (bicyclic) bond motifs is 1. The lowest BCUT2D eigenvalue weighted by atomic mass is 9.81. The largest absolute Gasteiger partial charge is 0.396 e. The number of aliphatic hydroxyl groups excluding tert-OH is 1. The topological polar surface area (TPSA) is 63.8 Å². The highest BCUT2D eigenvalue weighted by atomic mass is 16.3. The molecule has 1 aliphatic rings. The molecule has 3 rings (SSSR count). The Morgan fingerprint density at radius 2 is 2.27 bits per heavy atom. The quantitative estimate of drug-likeness (QED) is 0.784. The van der Waals surface area contributed by atoms with Crippen LogP contribution in [0.1, 0.15) is 18.9 Å². The van der Waals surface area contributed by atoms with Gasteiger partial charge in [-0.3, -0.25) is 0 Å². The van der Waals surface area contributed by atoms with Gasteiger partial charge in [0.2, 0.25) is 0 Å². The predicted molar refractivity (Wildman–Crippen MR) is 54.2 cm³/mol. The number of imidazole rings is 1. The van der Waals surface area contributed by atoms with Gasteiger partial charge in [0, 0.05) is 12.6 Å². The van der Waals surface area contributed by atoms with Crippen LogP contribution in [0.25, 0.3) is 11.2 Å². The zero-order valence-electron chi connectivity index (χ0n) is 8.24. The van der Waals surface area contributed by atoms with Crippen molar-refractivity contribution in [2.24, 2.45) is 5.92 Å². The predicted octanol–water partition coefficient (Wildman–Crippen LogP) is 0.770. The molecule has 2 heterocycles. The third kappa shape index (κ3) is 1.31. The van der Waals surface area contributed by atoms with Gasteiger partial charge in [-0.1, -0.05) is 0 Å². The van der Waals surface area contributed by atoms with Crippen molar-refractivity contribution in [3.8, 4) is 0 Å². The Hall–Kier alpha value is -1.49. The van der Waals surface area contributed by atoms with Gasteiger partial charge in [0.15, 0.2) is 5.65 Å². The monoisotopic (exact) mass is 204 g/mol. The van der Waals surface area contributed by atoms with Crippen molar-refractivity contribution < 1.29 is 5.11 Å². The molecule has 5 nitrogen and oxygen atoms in total. The molecule has 0 unspecified atom stereocenters. The van der Waals surface area contributed by atoms with E-state index >= 15 is 0 Å². The highest BCUT2D eigenvalue weighted by molar-refractivity contribution is 5.69. The molecule has 5 heteroatoms. The van der Waals surface area contributed by atoms with Gasteiger partial charge in [-0.15, -0.1) is 0 Å². The summed E-state index contributed by atoms with van der Waals surface area (Å²) in [5.74, 6) is 0.453. The fourth-order valence-corrected chi connectivity index (χ4v) is 2.13. The molecule has 0 spiro atoms.